The van der Waals surface area contributed by atoms with E-state index in [1.165, 1.54) is 25.7 Å². The molecule has 3 heterocycles. The van der Waals surface area contributed by atoms with Crippen molar-refractivity contribution in [2.24, 2.45) is 5.92 Å². The quantitative estimate of drug-likeness (QED) is 0.729. The highest BCUT2D eigenvalue weighted by Gasteiger charge is 2.28. The Labute approximate surface area is 148 Å². The molecule has 122 valence electrons. The third kappa shape index (κ3) is 2.61. The molecule has 0 radical (unpaired) electrons. The smallest absolute Gasteiger partial charge is 0.141 e. The highest BCUT2D eigenvalue weighted by atomic mass is 79.9. The molecule has 7 heteroatoms. The third-order valence-corrected chi connectivity index (χ3v) is 5.47. The van der Waals surface area contributed by atoms with Gasteiger partial charge in [-0.2, -0.15) is 10.4 Å². The second-order valence-electron chi connectivity index (χ2n) is 6.25. The van der Waals surface area contributed by atoms with Crippen LogP contribution in [0.1, 0.15) is 38.1 Å². The van der Waals surface area contributed by atoms with E-state index >= 15 is 0 Å². The molecule has 1 aliphatic carbocycles. The van der Waals surface area contributed by atoms with Crippen LogP contribution in [0.15, 0.2) is 29.4 Å². The Bertz CT molecular complexity index is 899. The summed E-state index contributed by atoms with van der Waals surface area (Å²) in [6.45, 7) is 0. The number of aromatic nitrogens is 5. The van der Waals surface area contributed by atoms with E-state index in [-0.39, 0.29) is 6.04 Å². The van der Waals surface area contributed by atoms with Crippen molar-refractivity contribution >= 4 is 27.0 Å². The lowest BCUT2D eigenvalue weighted by Gasteiger charge is -2.21. The van der Waals surface area contributed by atoms with Crippen LogP contribution in [-0.2, 0) is 0 Å². The summed E-state index contributed by atoms with van der Waals surface area (Å²) in [7, 11) is 0. The van der Waals surface area contributed by atoms with Gasteiger partial charge in [-0.25, -0.2) is 9.97 Å². The van der Waals surface area contributed by atoms with E-state index in [4.69, 9.17) is 0 Å². The van der Waals surface area contributed by atoms with Crippen LogP contribution in [-0.4, -0.2) is 24.7 Å². The number of fused-ring (bicyclic) bond motifs is 1. The molecule has 0 bridgehead atoms. The van der Waals surface area contributed by atoms with Crippen molar-refractivity contribution < 1.29 is 0 Å². The molecule has 3 aromatic heterocycles. The highest BCUT2D eigenvalue weighted by molar-refractivity contribution is 9.10. The molecule has 24 heavy (non-hydrogen) atoms. The standard InChI is InChI=1S/C17H17BrN6/c18-16-13(15-12-6-8-20-17(12)22-10-21-15)9-24(23-16)14(5-7-19)11-3-1-2-4-11/h6,8-11,14H,1-5H2,(H,20,21,22). The number of nitriles is 1. The number of aromatic amines is 1. The Morgan fingerprint density at radius 1 is 1.38 bits per heavy atom. The molecule has 0 aliphatic heterocycles. The SMILES string of the molecule is N#CCC(C1CCCC1)n1cc(-c2ncnc3[nH]ccc23)c(Br)n1. The topological polar surface area (TPSA) is 83.2 Å². The number of nitrogens with one attached hydrogen (secondary N) is 1. The minimum Gasteiger partial charge on any atom is -0.346 e. The van der Waals surface area contributed by atoms with Crippen molar-refractivity contribution in [1.82, 2.24) is 24.7 Å². The first-order valence-corrected chi connectivity index (χ1v) is 8.97. The Morgan fingerprint density at radius 3 is 3.00 bits per heavy atom. The van der Waals surface area contributed by atoms with Crippen molar-refractivity contribution in [2.75, 3.05) is 0 Å². The minimum atomic E-state index is 0.131. The molecular formula is C17H17BrN6. The molecule has 0 amide bonds. The maximum atomic E-state index is 9.24. The fourth-order valence-corrected chi connectivity index (χ4v) is 4.17. The number of H-pyrrole nitrogens is 1. The van der Waals surface area contributed by atoms with Crippen molar-refractivity contribution in [3.8, 4) is 17.3 Å². The Morgan fingerprint density at radius 2 is 2.21 bits per heavy atom. The summed E-state index contributed by atoms with van der Waals surface area (Å²) in [6, 6.07) is 4.43. The summed E-state index contributed by atoms with van der Waals surface area (Å²) >= 11 is 3.57. The number of rotatable bonds is 4. The van der Waals surface area contributed by atoms with E-state index in [0.717, 1.165) is 26.9 Å². The van der Waals surface area contributed by atoms with Gasteiger partial charge in [0.2, 0.25) is 0 Å². The van der Waals surface area contributed by atoms with Crippen LogP contribution >= 0.6 is 15.9 Å². The monoisotopic (exact) mass is 384 g/mol. The maximum absolute atomic E-state index is 9.24. The Hall–Kier alpha value is -2.20. The van der Waals surface area contributed by atoms with Gasteiger partial charge in [0, 0.05) is 17.8 Å². The number of nitrogens with zero attached hydrogens (tertiary/aromatic N) is 5. The zero-order valence-electron chi connectivity index (χ0n) is 13.1. The van der Waals surface area contributed by atoms with Crippen molar-refractivity contribution in [1.29, 1.82) is 5.26 Å². The van der Waals surface area contributed by atoms with Crippen LogP contribution in [0.3, 0.4) is 0 Å². The summed E-state index contributed by atoms with van der Waals surface area (Å²) < 4.78 is 2.71. The van der Waals surface area contributed by atoms with Gasteiger partial charge in [-0.1, -0.05) is 12.8 Å². The molecule has 4 rings (SSSR count). The van der Waals surface area contributed by atoms with Crippen LogP contribution in [0.5, 0.6) is 0 Å². The first-order chi connectivity index (χ1) is 11.8. The van der Waals surface area contributed by atoms with E-state index in [1.807, 2.05) is 23.1 Å². The summed E-state index contributed by atoms with van der Waals surface area (Å²) in [4.78, 5) is 11.8. The second-order valence-corrected chi connectivity index (χ2v) is 7.00. The number of hydrogen-bond acceptors (Lipinski definition) is 4. The molecule has 3 aromatic rings. The van der Waals surface area contributed by atoms with Crippen LogP contribution in [0.25, 0.3) is 22.3 Å². The fraction of sp³-hybridized carbons (Fsp3) is 0.412. The van der Waals surface area contributed by atoms with E-state index in [9.17, 15) is 5.26 Å². The van der Waals surface area contributed by atoms with Crippen LogP contribution < -0.4 is 0 Å². The number of hydrogen-bond donors (Lipinski definition) is 1. The fourth-order valence-electron chi connectivity index (χ4n) is 3.70. The van der Waals surface area contributed by atoms with Crippen molar-refractivity contribution in [3.05, 3.63) is 29.4 Å². The van der Waals surface area contributed by atoms with E-state index in [2.05, 4.69) is 42.0 Å². The van der Waals surface area contributed by atoms with Crippen LogP contribution in [0, 0.1) is 17.2 Å². The molecule has 0 spiro atoms. The van der Waals surface area contributed by atoms with Gasteiger partial charge in [0.25, 0.3) is 0 Å². The summed E-state index contributed by atoms with van der Waals surface area (Å²) in [5, 5.41) is 14.9. The third-order valence-electron chi connectivity index (χ3n) is 4.88. The normalized spacial score (nSPS) is 16.5. The van der Waals surface area contributed by atoms with Gasteiger partial charge in [0.05, 0.1) is 29.8 Å². The highest BCUT2D eigenvalue weighted by Crippen LogP contribution is 2.38. The largest absolute Gasteiger partial charge is 0.346 e. The van der Waals surface area contributed by atoms with E-state index < -0.39 is 0 Å². The van der Waals surface area contributed by atoms with Gasteiger partial charge in [-0.05, 0) is 40.8 Å². The zero-order valence-corrected chi connectivity index (χ0v) is 14.7. The average molecular weight is 385 g/mol. The molecule has 1 atom stereocenters. The first-order valence-electron chi connectivity index (χ1n) is 8.18. The van der Waals surface area contributed by atoms with E-state index in [1.54, 1.807) is 6.33 Å². The van der Waals surface area contributed by atoms with Crippen LogP contribution in [0.4, 0.5) is 0 Å². The van der Waals surface area contributed by atoms with Gasteiger partial charge in [0.1, 0.15) is 16.6 Å². The molecule has 1 aliphatic rings. The predicted molar refractivity (Wildman–Crippen MR) is 94.0 cm³/mol. The van der Waals surface area contributed by atoms with Gasteiger partial charge >= 0.3 is 0 Å². The first kappa shape index (κ1) is 15.3. The molecule has 0 aromatic carbocycles. The summed E-state index contributed by atoms with van der Waals surface area (Å²) in [5.74, 6) is 0.530. The van der Waals surface area contributed by atoms with Crippen molar-refractivity contribution in [3.63, 3.8) is 0 Å². The molecular weight excluding hydrogens is 368 g/mol. The van der Waals surface area contributed by atoms with Gasteiger partial charge < -0.3 is 4.98 Å². The predicted octanol–water partition coefficient (Wildman–Crippen LogP) is 4.23. The van der Waals surface area contributed by atoms with Gasteiger partial charge in [-0.15, -0.1) is 0 Å². The van der Waals surface area contributed by atoms with Gasteiger partial charge in [0.15, 0.2) is 0 Å². The summed E-state index contributed by atoms with van der Waals surface area (Å²) in [6.07, 6.45) is 10.8. The minimum absolute atomic E-state index is 0.131. The maximum Gasteiger partial charge on any atom is 0.141 e. The molecule has 1 unspecified atom stereocenters. The van der Waals surface area contributed by atoms with Crippen LogP contribution in [0.2, 0.25) is 0 Å². The Kier molecular flexibility index (Phi) is 4.07. The molecule has 6 nitrogen and oxygen atoms in total. The van der Waals surface area contributed by atoms with Gasteiger partial charge in [-0.3, -0.25) is 4.68 Å². The average Bonchev–Trinajstić information content (AvgIpc) is 3.32. The lowest BCUT2D eigenvalue weighted by molar-refractivity contribution is 0.314. The zero-order chi connectivity index (χ0) is 16.5. The van der Waals surface area contributed by atoms with E-state index in [0.29, 0.717) is 12.3 Å². The number of halogens is 1. The van der Waals surface area contributed by atoms with Crippen molar-refractivity contribution in [2.45, 2.75) is 38.1 Å². The molecule has 0 saturated heterocycles. The molecule has 1 fully saturated rings. The summed E-state index contributed by atoms with van der Waals surface area (Å²) in [5.41, 5.74) is 2.59. The second kappa shape index (κ2) is 6.36. The molecule has 1 saturated carbocycles. The lowest BCUT2D eigenvalue weighted by Crippen LogP contribution is -2.17. The Balaban J connectivity index is 1.76. The molecule has 1 N–H and O–H groups in total. The lowest BCUT2D eigenvalue weighted by atomic mass is 9.96.